The summed E-state index contributed by atoms with van der Waals surface area (Å²) in [6.07, 6.45) is 4.47. The lowest BCUT2D eigenvalue weighted by atomic mass is 9.81. The van der Waals surface area contributed by atoms with Gasteiger partial charge in [-0.2, -0.15) is 4.57 Å². The van der Waals surface area contributed by atoms with Gasteiger partial charge in [-0.05, 0) is 117 Å². The molecule has 1 aromatic heterocycles. The van der Waals surface area contributed by atoms with Crippen LogP contribution in [0.1, 0.15) is 80.5 Å². The highest BCUT2D eigenvalue weighted by atomic mass is 15.2. The minimum atomic E-state index is 0.113. The fraction of sp³-hybridized carbons (Fsp3) is 0.283. The van der Waals surface area contributed by atoms with Crippen molar-refractivity contribution in [2.75, 3.05) is 0 Å². The molecular formula is C46H49N2+. The second-order valence-corrected chi connectivity index (χ2v) is 16.0. The van der Waals surface area contributed by atoms with Crippen LogP contribution in [0.25, 0.3) is 50.5 Å². The van der Waals surface area contributed by atoms with Gasteiger partial charge in [0.15, 0.2) is 0 Å². The Hall–Kier alpha value is -4.69. The zero-order valence-corrected chi connectivity index (χ0v) is 30.4. The Labute approximate surface area is 287 Å². The first-order valence-corrected chi connectivity index (χ1v) is 17.4. The Balaban J connectivity index is 1.43. The minimum absolute atomic E-state index is 0.113. The SMILES string of the molecule is Cc1cccc(C)c1-n1cc[n+]2c1-c1cc(-c3c(C)c(-c4ccc(C(C)(C)C)cc4)cc(-c4ccc(C(C)(C)C)cc4)c3C)ccc1C2. The van der Waals surface area contributed by atoms with Crippen LogP contribution < -0.4 is 4.57 Å². The molecule has 0 N–H and O–H groups in total. The fourth-order valence-corrected chi connectivity index (χ4v) is 7.71. The van der Waals surface area contributed by atoms with E-state index in [4.69, 9.17) is 0 Å². The molecule has 0 saturated carbocycles. The molecule has 2 heteroatoms. The molecule has 0 fully saturated rings. The average Bonchev–Trinajstić information content (AvgIpc) is 3.60. The van der Waals surface area contributed by atoms with E-state index in [2.05, 4.69) is 182 Å². The van der Waals surface area contributed by atoms with Gasteiger partial charge >= 0.3 is 0 Å². The molecular weight excluding hydrogens is 581 g/mol. The largest absolute Gasteiger partial charge is 0.294 e. The predicted octanol–water partition coefficient (Wildman–Crippen LogP) is 11.6. The predicted molar refractivity (Wildman–Crippen MR) is 203 cm³/mol. The Morgan fingerprint density at radius 2 is 1.06 bits per heavy atom. The monoisotopic (exact) mass is 629 g/mol. The van der Waals surface area contributed by atoms with Crippen LogP contribution in [0, 0.1) is 27.7 Å². The van der Waals surface area contributed by atoms with Gasteiger partial charge < -0.3 is 0 Å². The van der Waals surface area contributed by atoms with Crippen molar-refractivity contribution < 1.29 is 4.57 Å². The van der Waals surface area contributed by atoms with Gasteiger partial charge in [-0.25, -0.2) is 4.57 Å². The zero-order chi connectivity index (χ0) is 34.1. The number of aryl methyl sites for hydroxylation is 2. The van der Waals surface area contributed by atoms with Crippen molar-refractivity contribution in [2.24, 2.45) is 0 Å². The molecule has 242 valence electrons. The van der Waals surface area contributed by atoms with Crippen molar-refractivity contribution in [3.05, 3.63) is 142 Å². The second-order valence-electron chi connectivity index (χ2n) is 16.0. The molecule has 7 rings (SSSR count). The number of nitrogens with zero attached hydrogens (tertiary/aromatic N) is 2. The number of hydrogen-bond acceptors (Lipinski definition) is 0. The Bertz CT molecular complexity index is 2070. The lowest BCUT2D eigenvalue weighted by molar-refractivity contribution is -0.671. The van der Waals surface area contributed by atoms with Crippen LogP contribution in [0.15, 0.2) is 103 Å². The van der Waals surface area contributed by atoms with Gasteiger partial charge in [-0.3, -0.25) is 0 Å². The summed E-state index contributed by atoms with van der Waals surface area (Å²) in [6.45, 7) is 23.7. The molecule has 1 aliphatic heterocycles. The number of hydrogen-bond donors (Lipinski definition) is 0. The molecule has 0 amide bonds. The van der Waals surface area contributed by atoms with Crippen molar-refractivity contribution in [2.45, 2.75) is 86.6 Å². The van der Waals surface area contributed by atoms with E-state index in [0.717, 1.165) is 6.54 Å². The first kappa shape index (κ1) is 31.9. The van der Waals surface area contributed by atoms with Gasteiger partial charge in [0.05, 0.1) is 5.56 Å². The Morgan fingerprint density at radius 1 is 0.562 bits per heavy atom. The molecule has 0 bridgehead atoms. The van der Waals surface area contributed by atoms with Gasteiger partial charge in [0, 0.05) is 5.56 Å². The molecule has 0 radical (unpaired) electrons. The number of aromatic nitrogens is 2. The van der Waals surface area contributed by atoms with E-state index in [1.165, 1.54) is 89.4 Å². The first-order chi connectivity index (χ1) is 22.7. The lowest BCUT2D eigenvalue weighted by Gasteiger charge is -2.23. The van der Waals surface area contributed by atoms with Gasteiger partial charge in [0.1, 0.15) is 24.6 Å². The highest BCUT2D eigenvalue weighted by molar-refractivity contribution is 5.89. The van der Waals surface area contributed by atoms with Crippen LogP contribution in [0.2, 0.25) is 0 Å². The van der Waals surface area contributed by atoms with Crippen molar-refractivity contribution in [1.82, 2.24) is 4.57 Å². The van der Waals surface area contributed by atoms with Crippen LogP contribution >= 0.6 is 0 Å². The van der Waals surface area contributed by atoms with E-state index in [1.54, 1.807) is 0 Å². The number of imidazole rings is 1. The molecule has 1 aliphatic rings. The highest BCUT2D eigenvalue weighted by Gasteiger charge is 2.32. The van der Waals surface area contributed by atoms with Crippen molar-refractivity contribution in [1.29, 1.82) is 0 Å². The van der Waals surface area contributed by atoms with Crippen LogP contribution in [0.4, 0.5) is 0 Å². The lowest BCUT2D eigenvalue weighted by Crippen LogP contribution is -2.30. The zero-order valence-electron chi connectivity index (χ0n) is 30.4. The number of para-hydroxylation sites is 1. The summed E-state index contributed by atoms with van der Waals surface area (Å²) >= 11 is 0. The van der Waals surface area contributed by atoms with Crippen LogP contribution in [0.3, 0.4) is 0 Å². The van der Waals surface area contributed by atoms with E-state index >= 15 is 0 Å². The summed E-state index contributed by atoms with van der Waals surface area (Å²) in [5, 5.41) is 0. The van der Waals surface area contributed by atoms with E-state index in [-0.39, 0.29) is 10.8 Å². The maximum atomic E-state index is 2.45. The molecule has 2 heterocycles. The normalized spacial score (nSPS) is 12.7. The highest BCUT2D eigenvalue weighted by Crippen LogP contribution is 2.43. The minimum Gasteiger partial charge on any atom is -0.225 e. The molecule has 5 aromatic carbocycles. The third-order valence-electron chi connectivity index (χ3n) is 10.5. The molecule has 0 atom stereocenters. The molecule has 0 saturated heterocycles. The molecule has 0 aliphatic carbocycles. The topological polar surface area (TPSA) is 8.81 Å². The molecule has 2 nitrogen and oxygen atoms in total. The molecule has 6 aromatic rings. The summed E-state index contributed by atoms with van der Waals surface area (Å²) in [5.41, 5.74) is 19.8. The molecule has 48 heavy (non-hydrogen) atoms. The number of benzene rings is 5. The van der Waals surface area contributed by atoms with E-state index < -0.39 is 0 Å². The third kappa shape index (κ3) is 5.42. The summed E-state index contributed by atoms with van der Waals surface area (Å²) in [4.78, 5) is 0. The summed E-state index contributed by atoms with van der Waals surface area (Å²) in [5.74, 6) is 1.26. The van der Waals surface area contributed by atoms with Gasteiger partial charge in [0.25, 0.3) is 5.82 Å². The number of fused-ring (bicyclic) bond motifs is 3. The average molecular weight is 630 g/mol. The van der Waals surface area contributed by atoms with E-state index in [1.807, 2.05) is 0 Å². The van der Waals surface area contributed by atoms with Gasteiger partial charge in [-0.1, -0.05) is 120 Å². The van der Waals surface area contributed by atoms with Gasteiger partial charge in [-0.15, -0.1) is 0 Å². The van der Waals surface area contributed by atoms with E-state index in [9.17, 15) is 0 Å². The number of rotatable bonds is 4. The van der Waals surface area contributed by atoms with Crippen molar-refractivity contribution in [3.8, 4) is 50.5 Å². The smallest absolute Gasteiger partial charge is 0.225 e. The van der Waals surface area contributed by atoms with Crippen molar-refractivity contribution in [3.63, 3.8) is 0 Å². The fourth-order valence-electron chi connectivity index (χ4n) is 7.71. The quantitative estimate of drug-likeness (QED) is 0.171. The maximum Gasteiger partial charge on any atom is 0.294 e. The van der Waals surface area contributed by atoms with Crippen LogP contribution in [-0.2, 0) is 17.4 Å². The first-order valence-electron chi connectivity index (χ1n) is 17.4. The summed E-state index contributed by atoms with van der Waals surface area (Å²) < 4.78 is 4.80. The molecule has 0 spiro atoms. The summed E-state index contributed by atoms with van der Waals surface area (Å²) in [7, 11) is 0. The van der Waals surface area contributed by atoms with Gasteiger partial charge in [0.2, 0.25) is 0 Å². The molecule has 0 unspecified atom stereocenters. The van der Waals surface area contributed by atoms with Crippen molar-refractivity contribution >= 4 is 0 Å². The Kier molecular flexibility index (Phi) is 7.63. The van der Waals surface area contributed by atoms with E-state index in [0.29, 0.717) is 0 Å². The second kappa shape index (κ2) is 11.5. The maximum absolute atomic E-state index is 2.45. The summed E-state index contributed by atoms with van der Waals surface area (Å²) in [6, 6.07) is 34.7. The standard InChI is InChI=1S/C46H49N2/c1-29-12-11-13-30(2)43(29)48-25-24-47-28-36-15-14-35(26-41(36)44(47)48)42-31(3)39(33-16-20-37(21-17-33)45(5,6)7)27-40(32(42)4)34-18-22-38(23-19-34)46(8,9)10/h11-27H,28H2,1-10H3/q+1. The Morgan fingerprint density at radius 3 is 1.56 bits per heavy atom. The van der Waals surface area contributed by atoms with Crippen LogP contribution in [0.5, 0.6) is 0 Å². The third-order valence-corrected chi connectivity index (χ3v) is 10.5. The van der Waals surface area contributed by atoms with Crippen LogP contribution in [-0.4, -0.2) is 4.57 Å².